The van der Waals surface area contributed by atoms with Gasteiger partial charge in [0.2, 0.25) is 0 Å². The number of nitrogens with zero attached hydrogens (tertiary/aromatic N) is 2. The summed E-state index contributed by atoms with van der Waals surface area (Å²) in [5.41, 5.74) is 6.62. The lowest BCUT2D eigenvalue weighted by atomic mass is 10.1. The Morgan fingerprint density at radius 1 is 1.47 bits per heavy atom. The highest BCUT2D eigenvalue weighted by Gasteiger charge is 2.19. The first-order valence-corrected chi connectivity index (χ1v) is 6.67. The largest absolute Gasteiger partial charge is 0.462 e. The lowest BCUT2D eigenvalue weighted by Crippen LogP contribution is -2.30. The molecule has 1 aromatic heterocycles. The Morgan fingerprint density at radius 3 is 2.68 bits per heavy atom. The standard InChI is InChI=1S/C14H23N3O2/c1-5-17(9-10(3)4)13-12(14(18)19-6-2)7-11(15)8-16-13/h7-8,10H,5-6,9,15H2,1-4H3. The molecule has 106 valence electrons. The molecule has 0 saturated carbocycles. The van der Waals surface area contributed by atoms with Crippen molar-refractivity contribution in [3.8, 4) is 0 Å². The van der Waals surface area contributed by atoms with Crippen LogP contribution in [0.1, 0.15) is 38.1 Å². The van der Waals surface area contributed by atoms with Crippen LogP contribution in [0, 0.1) is 5.92 Å². The molecule has 5 heteroatoms. The maximum Gasteiger partial charge on any atom is 0.341 e. The summed E-state index contributed by atoms with van der Waals surface area (Å²) in [5, 5.41) is 0. The van der Waals surface area contributed by atoms with Gasteiger partial charge in [0.1, 0.15) is 11.4 Å². The number of esters is 1. The van der Waals surface area contributed by atoms with Crippen LogP contribution in [0.25, 0.3) is 0 Å². The van der Waals surface area contributed by atoms with E-state index in [1.54, 1.807) is 19.2 Å². The Hall–Kier alpha value is -1.78. The van der Waals surface area contributed by atoms with Crippen molar-refractivity contribution in [2.24, 2.45) is 5.92 Å². The second-order valence-electron chi connectivity index (χ2n) is 4.79. The van der Waals surface area contributed by atoms with Gasteiger partial charge >= 0.3 is 5.97 Å². The summed E-state index contributed by atoms with van der Waals surface area (Å²) >= 11 is 0. The van der Waals surface area contributed by atoms with Crippen LogP contribution in [0.3, 0.4) is 0 Å². The number of carbonyl (C=O) groups excluding carboxylic acids is 1. The summed E-state index contributed by atoms with van der Waals surface area (Å²) < 4.78 is 5.06. The maximum absolute atomic E-state index is 12.0. The third-order valence-corrected chi connectivity index (χ3v) is 2.65. The van der Waals surface area contributed by atoms with E-state index >= 15 is 0 Å². The van der Waals surface area contributed by atoms with Crippen LogP contribution in [0.4, 0.5) is 11.5 Å². The van der Waals surface area contributed by atoms with Gasteiger partial charge < -0.3 is 15.4 Å². The zero-order valence-electron chi connectivity index (χ0n) is 12.1. The summed E-state index contributed by atoms with van der Waals surface area (Å²) in [7, 11) is 0. The Morgan fingerprint density at radius 2 is 2.16 bits per heavy atom. The second-order valence-corrected chi connectivity index (χ2v) is 4.79. The van der Waals surface area contributed by atoms with Crippen LogP contribution in [0.15, 0.2) is 12.3 Å². The van der Waals surface area contributed by atoms with Crippen LogP contribution < -0.4 is 10.6 Å². The van der Waals surface area contributed by atoms with E-state index in [2.05, 4.69) is 23.7 Å². The predicted octanol–water partition coefficient (Wildman–Crippen LogP) is 2.32. The second kappa shape index (κ2) is 6.97. The summed E-state index contributed by atoms with van der Waals surface area (Å²) in [4.78, 5) is 18.4. The highest BCUT2D eigenvalue weighted by molar-refractivity contribution is 5.95. The zero-order valence-corrected chi connectivity index (χ0v) is 12.1. The van der Waals surface area contributed by atoms with E-state index in [9.17, 15) is 4.79 Å². The first-order chi connectivity index (χ1) is 8.99. The Kier molecular flexibility index (Phi) is 5.60. The average molecular weight is 265 g/mol. The molecule has 5 nitrogen and oxygen atoms in total. The predicted molar refractivity (Wildman–Crippen MR) is 77.3 cm³/mol. The van der Waals surface area contributed by atoms with E-state index in [-0.39, 0.29) is 5.97 Å². The van der Waals surface area contributed by atoms with Crippen LogP contribution in [0.5, 0.6) is 0 Å². The first kappa shape index (κ1) is 15.3. The molecule has 0 spiro atoms. The third-order valence-electron chi connectivity index (χ3n) is 2.65. The fraction of sp³-hybridized carbons (Fsp3) is 0.571. The molecule has 0 aliphatic rings. The van der Waals surface area contributed by atoms with Gasteiger partial charge in [-0.1, -0.05) is 13.8 Å². The lowest BCUT2D eigenvalue weighted by molar-refractivity contribution is 0.0526. The minimum absolute atomic E-state index is 0.337. The van der Waals surface area contributed by atoms with Gasteiger partial charge in [-0.2, -0.15) is 0 Å². The number of nitrogens with two attached hydrogens (primary N) is 1. The van der Waals surface area contributed by atoms with Crippen molar-refractivity contribution in [3.05, 3.63) is 17.8 Å². The molecule has 19 heavy (non-hydrogen) atoms. The van der Waals surface area contributed by atoms with Gasteiger partial charge in [-0.25, -0.2) is 9.78 Å². The molecule has 0 saturated heterocycles. The van der Waals surface area contributed by atoms with Crippen molar-refractivity contribution in [1.29, 1.82) is 0 Å². The molecular formula is C14H23N3O2. The number of rotatable bonds is 6. The molecule has 1 aromatic rings. The van der Waals surface area contributed by atoms with Crippen LogP contribution in [0.2, 0.25) is 0 Å². The Labute approximate surface area is 114 Å². The van der Waals surface area contributed by atoms with E-state index in [0.29, 0.717) is 29.6 Å². The zero-order chi connectivity index (χ0) is 14.4. The SMILES string of the molecule is CCOC(=O)c1cc(N)cnc1N(CC)CC(C)C. The molecule has 0 aromatic carbocycles. The summed E-state index contributed by atoms with van der Waals surface area (Å²) in [6.45, 7) is 10.0. The molecule has 1 heterocycles. The van der Waals surface area contributed by atoms with Gasteiger partial charge in [0.05, 0.1) is 18.5 Å². The van der Waals surface area contributed by atoms with Crippen LogP contribution >= 0.6 is 0 Å². The summed E-state index contributed by atoms with van der Waals surface area (Å²) in [6, 6.07) is 1.63. The van der Waals surface area contributed by atoms with Crippen LogP contribution in [-0.4, -0.2) is 30.6 Å². The summed E-state index contributed by atoms with van der Waals surface area (Å²) in [5.74, 6) is 0.748. The fourth-order valence-corrected chi connectivity index (χ4v) is 1.89. The van der Waals surface area contributed by atoms with E-state index in [0.717, 1.165) is 13.1 Å². The van der Waals surface area contributed by atoms with Gasteiger partial charge in [0.15, 0.2) is 0 Å². The van der Waals surface area contributed by atoms with E-state index in [4.69, 9.17) is 10.5 Å². The van der Waals surface area contributed by atoms with Gasteiger partial charge in [0.25, 0.3) is 0 Å². The Balaban J connectivity index is 3.13. The van der Waals surface area contributed by atoms with E-state index in [1.807, 2.05) is 6.92 Å². The third kappa shape index (κ3) is 4.12. The number of ether oxygens (including phenoxy) is 1. The van der Waals surface area contributed by atoms with Crippen LogP contribution in [-0.2, 0) is 4.74 Å². The average Bonchev–Trinajstić information content (AvgIpc) is 2.36. The molecule has 0 aliphatic carbocycles. The maximum atomic E-state index is 12.0. The molecule has 0 fully saturated rings. The van der Waals surface area contributed by atoms with E-state index < -0.39 is 0 Å². The molecule has 0 aliphatic heterocycles. The number of nitrogen functional groups attached to an aromatic ring is 1. The molecule has 0 atom stereocenters. The topological polar surface area (TPSA) is 68.5 Å². The molecule has 2 N–H and O–H groups in total. The van der Waals surface area contributed by atoms with Crippen molar-refractivity contribution in [1.82, 2.24) is 4.98 Å². The molecule has 1 rings (SSSR count). The number of pyridine rings is 1. The molecular weight excluding hydrogens is 242 g/mol. The monoisotopic (exact) mass is 265 g/mol. The molecule has 0 radical (unpaired) electrons. The highest BCUT2D eigenvalue weighted by atomic mass is 16.5. The van der Waals surface area contributed by atoms with Gasteiger partial charge in [-0.15, -0.1) is 0 Å². The van der Waals surface area contributed by atoms with Crippen molar-refractivity contribution in [2.45, 2.75) is 27.7 Å². The fourth-order valence-electron chi connectivity index (χ4n) is 1.89. The highest BCUT2D eigenvalue weighted by Crippen LogP contribution is 2.22. The molecule has 0 bridgehead atoms. The molecule has 0 unspecified atom stereocenters. The minimum atomic E-state index is -0.375. The molecule has 0 amide bonds. The number of hydrogen-bond acceptors (Lipinski definition) is 5. The van der Waals surface area contributed by atoms with Crippen molar-refractivity contribution in [2.75, 3.05) is 30.3 Å². The van der Waals surface area contributed by atoms with Gasteiger partial charge in [0, 0.05) is 13.1 Å². The van der Waals surface area contributed by atoms with Crippen molar-refractivity contribution >= 4 is 17.5 Å². The van der Waals surface area contributed by atoms with Gasteiger partial charge in [-0.05, 0) is 25.8 Å². The number of aromatic nitrogens is 1. The minimum Gasteiger partial charge on any atom is -0.462 e. The normalized spacial score (nSPS) is 10.6. The number of hydrogen-bond donors (Lipinski definition) is 1. The quantitative estimate of drug-likeness (QED) is 0.799. The summed E-state index contributed by atoms with van der Waals surface area (Å²) in [6.07, 6.45) is 1.57. The first-order valence-electron chi connectivity index (χ1n) is 6.67. The lowest BCUT2D eigenvalue weighted by Gasteiger charge is -2.25. The number of carbonyl (C=O) groups is 1. The smallest absolute Gasteiger partial charge is 0.341 e. The van der Waals surface area contributed by atoms with Crippen molar-refractivity contribution in [3.63, 3.8) is 0 Å². The van der Waals surface area contributed by atoms with Crippen molar-refractivity contribution < 1.29 is 9.53 Å². The number of anilines is 2. The van der Waals surface area contributed by atoms with Gasteiger partial charge in [-0.3, -0.25) is 0 Å². The Bertz CT molecular complexity index is 433. The van der Waals surface area contributed by atoms with E-state index in [1.165, 1.54) is 0 Å².